The van der Waals surface area contributed by atoms with E-state index in [1.165, 1.54) is 4.90 Å². The Labute approximate surface area is 87.5 Å². The Morgan fingerprint density at radius 3 is 2.69 bits per heavy atom. The second kappa shape index (κ2) is 4.68. The van der Waals surface area contributed by atoms with E-state index in [0.717, 1.165) is 11.1 Å². The number of hydrogen-bond acceptors (Lipinski definition) is 2. The molecule has 3 heteroatoms. The Balaban J connectivity index is 3.05. The van der Waals surface area contributed by atoms with Gasteiger partial charge >= 0.3 is 0 Å². The molecule has 0 atom stereocenters. The quantitative estimate of drug-likeness (QED) is 0.437. The van der Waals surface area contributed by atoms with E-state index in [0.29, 0.717) is 0 Å². The molecule has 0 saturated heterocycles. The van der Waals surface area contributed by atoms with E-state index in [4.69, 9.17) is 11.6 Å². The van der Waals surface area contributed by atoms with E-state index in [-0.39, 0.29) is 11.7 Å². The predicted octanol–water partition coefficient (Wildman–Crippen LogP) is 3.14. The number of halogens is 1. The summed E-state index contributed by atoms with van der Waals surface area (Å²) in [4.78, 5) is 12.5. The van der Waals surface area contributed by atoms with Gasteiger partial charge in [-0.15, -0.1) is 23.4 Å². The maximum absolute atomic E-state index is 11.3. The Morgan fingerprint density at radius 1 is 1.54 bits per heavy atom. The number of carbonyl (C=O) groups excluding carboxylic acids is 1. The van der Waals surface area contributed by atoms with Crippen molar-refractivity contribution >= 4 is 29.1 Å². The number of hydrogen-bond donors (Lipinski definition) is 0. The molecule has 0 amide bonds. The predicted molar refractivity (Wildman–Crippen MR) is 58.0 cm³/mol. The lowest BCUT2D eigenvalue weighted by Gasteiger charge is -2.04. The average Bonchev–Trinajstić information content (AvgIpc) is 2.16. The van der Waals surface area contributed by atoms with Gasteiger partial charge in [-0.2, -0.15) is 0 Å². The van der Waals surface area contributed by atoms with Gasteiger partial charge in [0.05, 0.1) is 5.88 Å². The molecule has 0 aliphatic carbocycles. The van der Waals surface area contributed by atoms with Crippen LogP contribution >= 0.6 is 23.4 Å². The van der Waals surface area contributed by atoms with Gasteiger partial charge in [0.1, 0.15) is 0 Å². The van der Waals surface area contributed by atoms with Gasteiger partial charge in [0.15, 0.2) is 5.78 Å². The van der Waals surface area contributed by atoms with Crippen molar-refractivity contribution in [1.82, 2.24) is 0 Å². The normalized spacial score (nSPS) is 10.1. The van der Waals surface area contributed by atoms with Gasteiger partial charge in [-0.05, 0) is 36.9 Å². The SMILES string of the molecule is CSc1ccc(C(=O)CCl)c(C)c1. The van der Waals surface area contributed by atoms with Crippen molar-refractivity contribution in [2.24, 2.45) is 0 Å². The largest absolute Gasteiger partial charge is 0.293 e. The van der Waals surface area contributed by atoms with Crippen LogP contribution in [0.5, 0.6) is 0 Å². The summed E-state index contributed by atoms with van der Waals surface area (Å²) in [5.74, 6) is 0.0474. The lowest BCUT2D eigenvalue weighted by Crippen LogP contribution is -2.02. The van der Waals surface area contributed by atoms with Crippen molar-refractivity contribution < 1.29 is 4.79 Å². The number of aryl methyl sites for hydroxylation is 1. The first-order valence-electron chi connectivity index (χ1n) is 3.93. The third kappa shape index (κ3) is 2.48. The zero-order valence-corrected chi connectivity index (χ0v) is 9.21. The molecule has 1 aromatic carbocycles. The molecule has 0 N–H and O–H groups in total. The minimum atomic E-state index is -0.00757. The van der Waals surface area contributed by atoms with E-state index in [2.05, 4.69) is 0 Å². The van der Waals surface area contributed by atoms with Crippen molar-refractivity contribution in [3.05, 3.63) is 29.3 Å². The first-order valence-corrected chi connectivity index (χ1v) is 5.68. The highest BCUT2D eigenvalue weighted by atomic mass is 35.5. The van der Waals surface area contributed by atoms with Crippen LogP contribution in [0.4, 0.5) is 0 Å². The fourth-order valence-corrected chi connectivity index (χ4v) is 1.79. The van der Waals surface area contributed by atoms with E-state index >= 15 is 0 Å². The zero-order valence-electron chi connectivity index (χ0n) is 7.63. The lowest BCUT2D eigenvalue weighted by molar-refractivity contribution is 0.102. The van der Waals surface area contributed by atoms with Gasteiger partial charge in [0.2, 0.25) is 0 Å². The highest BCUT2D eigenvalue weighted by molar-refractivity contribution is 7.98. The van der Waals surface area contributed by atoms with E-state index in [1.807, 2.05) is 31.4 Å². The smallest absolute Gasteiger partial charge is 0.177 e. The summed E-state index contributed by atoms with van der Waals surface area (Å²) in [6.07, 6.45) is 2.01. The first-order chi connectivity index (χ1) is 6.19. The summed E-state index contributed by atoms with van der Waals surface area (Å²) in [7, 11) is 0. The minimum Gasteiger partial charge on any atom is -0.293 e. The highest BCUT2D eigenvalue weighted by Gasteiger charge is 2.07. The second-order valence-electron chi connectivity index (χ2n) is 2.74. The van der Waals surface area contributed by atoms with Crippen LogP contribution in [0.2, 0.25) is 0 Å². The van der Waals surface area contributed by atoms with Crippen molar-refractivity contribution in [3.63, 3.8) is 0 Å². The molecule has 0 aliphatic rings. The van der Waals surface area contributed by atoms with Crippen LogP contribution in [0.25, 0.3) is 0 Å². The fraction of sp³-hybridized carbons (Fsp3) is 0.300. The van der Waals surface area contributed by atoms with Gasteiger partial charge in [-0.1, -0.05) is 0 Å². The molecule has 1 aromatic rings. The molecular formula is C10H11ClOS. The number of benzene rings is 1. The Kier molecular flexibility index (Phi) is 3.82. The Bertz CT molecular complexity index is 323. The maximum atomic E-state index is 11.3. The zero-order chi connectivity index (χ0) is 9.84. The van der Waals surface area contributed by atoms with Gasteiger partial charge < -0.3 is 0 Å². The third-order valence-corrected chi connectivity index (χ3v) is 2.82. The highest BCUT2D eigenvalue weighted by Crippen LogP contribution is 2.19. The molecule has 70 valence electrons. The minimum absolute atomic E-state index is 0.00757. The molecular weight excluding hydrogens is 204 g/mol. The molecule has 0 heterocycles. The molecule has 0 bridgehead atoms. The van der Waals surface area contributed by atoms with Crippen molar-refractivity contribution in [1.29, 1.82) is 0 Å². The van der Waals surface area contributed by atoms with E-state index < -0.39 is 0 Å². The number of ketones is 1. The molecule has 13 heavy (non-hydrogen) atoms. The van der Waals surface area contributed by atoms with Crippen molar-refractivity contribution in [3.8, 4) is 0 Å². The lowest BCUT2D eigenvalue weighted by atomic mass is 10.1. The Hall–Kier alpha value is -0.470. The number of alkyl halides is 1. The summed E-state index contributed by atoms with van der Waals surface area (Å²) < 4.78 is 0. The monoisotopic (exact) mass is 214 g/mol. The van der Waals surface area contributed by atoms with Crippen LogP contribution < -0.4 is 0 Å². The van der Waals surface area contributed by atoms with Gasteiger partial charge in [-0.3, -0.25) is 4.79 Å². The van der Waals surface area contributed by atoms with Crippen LogP contribution in [0, 0.1) is 6.92 Å². The molecule has 0 fully saturated rings. The average molecular weight is 215 g/mol. The van der Waals surface area contributed by atoms with Crippen LogP contribution in [0.1, 0.15) is 15.9 Å². The number of Topliss-reactive ketones (excluding diaryl/α,β-unsaturated/α-hetero) is 1. The number of rotatable bonds is 3. The topological polar surface area (TPSA) is 17.1 Å². The summed E-state index contributed by atoms with van der Waals surface area (Å²) in [6, 6.07) is 5.79. The molecule has 0 unspecified atom stereocenters. The molecule has 0 saturated carbocycles. The standard InChI is InChI=1S/C10H11ClOS/c1-7-5-8(13-2)3-4-9(7)10(12)6-11/h3-5H,6H2,1-2H3. The molecule has 1 nitrogen and oxygen atoms in total. The molecule has 1 rings (SSSR count). The number of carbonyl (C=O) groups is 1. The van der Waals surface area contributed by atoms with Gasteiger partial charge in [0.25, 0.3) is 0 Å². The molecule has 0 aliphatic heterocycles. The molecule has 0 aromatic heterocycles. The van der Waals surface area contributed by atoms with Gasteiger partial charge in [0, 0.05) is 10.5 Å². The van der Waals surface area contributed by atoms with Crippen LogP contribution in [-0.2, 0) is 0 Å². The second-order valence-corrected chi connectivity index (χ2v) is 3.88. The molecule has 0 spiro atoms. The first kappa shape index (κ1) is 10.6. The number of thioether (sulfide) groups is 1. The Morgan fingerprint density at radius 2 is 2.23 bits per heavy atom. The summed E-state index contributed by atoms with van der Waals surface area (Å²) in [5.41, 5.74) is 1.73. The third-order valence-electron chi connectivity index (χ3n) is 1.86. The summed E-state index contributed by atoms with van der Waals surface area (Å²) in [6.45, 7) is 1.93. The van der Waals surface area contributed by atoms with E-state index in [1.54, 1.807) is 11.8 Å². The van der Waals surface area contributed by atoms with Gasteiger partial charge in [-0.25, -0.2) is 0 Å². The van der Waals surface area contributed by atoms with Crippen LogP contribution in [0.3, 0.4) is 0 Å². The summed E-state index contributed by atoms with van der Waals surface area (Å²) >= 11 is 7.14. The fourth-order valence-electron chi connectivity index (χ4n) is 1.15. The maximum Gasteiger partial charge on any atom is 0.177 e. The van der Waals surface area contributed by atoms with E-state index in [9.17, 15) is 4.79 Å². The van der Waals surface area contributed by atoms with Crippen LogP contribution in [0.15, 0.2) is 23.1 Å². The van der Waals surface area contributed by atoms with Crippen molar-refractivity contribution in [2.45, 2.75) is 11.8 Å². The van der Waals surface area contributed by atoms with Crippen LogP contribution in [-0.4, -0.2) is 17.9 Å². The summed E-state index contributed by atoms with van der Waals surface area (Å²) in [5, 5.41) is 0. The molecule has 0 radical (unpaired) electrons. The van der Waals surface area contributed by atoms with Crippen molar-refractivity contribution in [2.75, 3.05) is 12.1 Å².